The Morgan fingerprint density at radius 3 is 1.58 bits per heavy atom. The highest BCUT2D eigenvalue weighted by molar-refractivity contribution is 6.33. The van der Waals surface area contributed by atoms with Crippen molar-refractivity contribution in [2.24, 2.45) is 14.1 Å². The van der Waals surface area contributed by atoms with Gasteiger partial charge in [-0.1, -0.05) is 12.1 Å². The fraction of sp³-hybridized carbons (Fsp3) is 0.0769. The summed E-state index contributed by atoms with van der Waals surface area (Å²) in [6.07, 6.45) is 11.5. The molecule has 0 atom stereocenters. The Morgan fingerprint density at radius 1 is 0.667 bits per heavy atom. The van der Waals surface area contributed by atoms with Gasteiger partial charge in [-0.2, -0.15) is 0 Å². The lowest BCUT2D eigenvalue weighted by molar-refractivity contribution is 0.0924. The number of fused-ring (bicyclic) bond motifs is 1. The zero-order valence-electron chi connectivity index (χ0n) is 18.2. The molecule has 0 fully saturated rings. The predicted molar refractivity (Wildman–Crippen MR) is 128 cm³/mol. The summed E-state index contributed by atoms with van der Waals surface area (Å²) in [5.41, 5.74) is 3.88. The monoisotopic (exact) mass is 435 g/mol. The molecule has 7 heteroatoms. The number of nitrogens with zero attached hydrogens (tertiary/aromatic N) is 5. The SMILES string of the molecule is Cn1cccc1/C=C/c1cc(/C=C/c2cccn2C)nc(N2C(=O)c3ccccc3C2=O)n1. The fourth-order valence-electron chi connectivity index (χ4n) is 3.75. The van der Waals surface area contributed by atoms with Gasteiger partial charge >= 0.3 is 0 Å². The standard InChI is InChI=1S/C26H21N5O2/c1-29-15-5-7-20(29)13-11-18-17-19(12-14-21-8-6-16-30(21)2)28-26(27-18)31-24(32)22-9-3-4-10-23(22)25(31)33/h3-17H,1-2H3/b13-11+,14-12+. The van der Waals surface area contributed by atoms with E-state index in [-0.39, 0.29) is 5.95 Å². The molecule has 0 saturated carbocycles. The fourth-order valence-corrected chi connectivity index (χ4v) is 3.75. The number of anilines is 1. The molecular weight excluding hydrogens is 414 g/mol. The van der Waals surface area contributed by atoms with Gasteiger partial charge in [0.05, 0.1) is 22.5 Å². The summed E-state index contributed by atoms with van der Waals surface area (Å²) < 4.78 is 3.97. The van der Waals surface area contributed by atoms with E-state index in [1.54, 1.807) is 24.3 Å². The molecule has 1 aromatic carbocycles. The molecule has 2 amide bonds. The number of imide groups is 1. The van der Waals surface area contributed by atoms with Crippen molar-refractivity contribution in [3.8, 4) is 0 Å². The average Bonchev–Trinajstić information content (AvgIpc) is 3.49. The Balaban J connectivity index is 1.57. The number of hydrogen-bond acceptors (Lipinski definition) is 4. The molecule has 162 valence electrons. The van der Waals surface area contributed by atoms with Crippen LogP contribution >= 0.6 is 0 Å². The van der Waals surface area contributed by atoms with Gasteiger partial charge in [0.1, 0.15) is 0 Å². The second kappa shape index (κ2) is 8.20. The van der Waals surface area contributed by atoms with Crippen LogP contribution < -0.4 is 4.90 Å². The van der Waals surface area contributed by atoms with Crippen LogP contribution in [0.1, 0.15) is 43.5 Å². The maximum absolute atomic E-state index is 13.0. The van der Waals surface area contributed by atoms with Crippen LogP contribution in [0.3, 0.4) is 0 Å². The molecule has 7 nitrogen and oxygen atoms in total. The minimum Gasteiger partial charge on any atom is -0.351 e. The van der Waals surface area contributed by atoms with Crippen molar-refractivity contribution in [1.82, 2.24) is 19.1 Å². The smallest absolute Gasteiger partial charge is 0.268 e. The zero-order chi connectivity index (χ0) is 22.9. The largest absolute Gasteiger partial charge is 0.351 e. The maximum atomic E-state index is 13.0. The highest BCUT2D eigenvalue weighted by Gasteiger charge is 2.38. The Morgan fingerprint density at radius 2 is 1.15 bits per heavy atom. The quantitative estimate of drug-likeness (QED) is 0.438. The van der Waals surface area contributed by atoms with Crippen LogP contribution in [-0.4, -0.2) is 30.9 Å². The van der Waals surface area contributed by atoms with Gasteiger partial charge in [-0.3, -0.25) is 9.59 Å². The van der Waals surface area contributed by atoms with Crippen molar-refractivity contribution in [3.05, 3.63) is 101 Å². The Bertz CT molecular complexity index is 1340. The first-order valence-corrected chi connectivity index (χ1v) is 10.5. The second-order valence-electron chi connectivity index (χ2n) is 7.76. The van der Waals surface area contributed by atoms with E-state index in [2.05, 4.69) is 9.97 Å². The Hall–Kier alpha value is -4.52. The topological polar surface area (TPSA) is 73.0 Å². The van der Waals surface area contributed by atoms with E-state index in [9.17, 15) is 9.59 Å². The first kappa shape index (κ1) is 20.4. The number of carbonyl (C=O) groups is 2. The number of amides is 2. The lowest BCUT2D eigenvalue weighted by atomic mass is 10.1. The van der Waals surface area contributed by atoms with E-state index >= 15 is 0 Å². The van der Waals surface area contributed by atoms with Crippen LogP contribution in [0.15, 0.2) is 67.0 Å². The van der Waals surface area contributed by atoms with Crippen LogP contribution in [-0.2, 0) is 14.1 Å². The first-order chi connectivity index (χ1) is 16.0. The van der Waals surface area contributed by atoms with Gasteiger partial charge in [-0.15, -0.1) is 0 Å². The van der Waals surface area contributed by atoms with Gasteiger partial charge in [0, 0.05) is 37.9 Å². The Kier molecular flexibility index (Phi) is 5.06. The van der Waals surface area contributed by atoms with Crippen LogP contribution in [0.25, 0.3) is 24.3 Å². The van der Waals surface area contributed by atoms with Crippen molar-refractivity contribution in [3.63, 3.8) is 0 Å². The minimum atomic E-state index is -0.420. The Labute approximate surface area is 190 Å². The van der Waals surface area contributed by atoms with E-state index < -0.39 is 11.8 Å². The highest BCUT2D eigenvalue weighted by atomic mass is 16.2. The lowest BCUT2D eigenvalue weighted by Gasteiger charge is -2.13. The minimum absolute atomic E-state index is 0.0572. The van der Waals surface area contributed by atoms with Crippen LogP contribution in [0.4, 0.5) is 5.95 Å². The summed E-state index contributed by atoms with van der Waals surface area (Å²) in [6.45, 7) is 0. The van der Waals surface area contributed by atoms with Gasteiger partial charge < -0.3 is 9.13 Å². The van der Waals surface area contributed by atoms with Crippen molar-refractivity contribution in [2.45, 2.75) is 0 Å². The van der Waals surface area contributed by atoms with Crippen molar-refractivity contribution < 1.29 is 9.59 Å². The van der Waals surface area contributed by atoms with Gasteiger partial charge in [-0.05, 0) is 66.8 Å². The van der Waals surface area contributed by atoms with Crippen molar-refractivity contribution in [1.29, 1.82) is 0 Å². The molecule has 0 saturated heterocycles. The van der Waals surface area contributed by atoms with E-state index in [0.29, 0.717) is 22.5 Å². The lowest BCUT2D eigenvalue weighted by Crippen LogP contribution is -2.31. The molecule has 1 aliphatic heterocycles. The van der Waals surface area contributed by atoms with Gasteiger partial charge in [0.25, 0.3) is 11.8 Å². The van der Waals surface area contributed by atoms with Crippen LogP contribution in [0.2, 0.25) is 0 Å². The molecule has 0 N–H and O–H groups in total. The van der Waals surface area contributed by atoms with Crippen molar-refractivity contribution >= 4 is 42.1 Å². The third kappa shape index (κ3) is 3.80. The molecule has 4 heterocycles. The molecule has 4 aromatic rings. The summed E-state index contributed by atoms with van der Waals surface area (Å²) in [5, 5.41) is 0. The second-order valence-corrected chi connectivity index (χ2v) is 7.76. The number of aromatic nitrogens is 4. The molecule has 1 aliphatic rings. The summed E-state index contributed by atoms with van der Waals surface area (Å²) in [4.78, 5) is 36.1. The number of rotatable bonds is 5. The zero-order valence-corrected chi connectivity index (χ0v) is 18.2. The van der Waals surface area contributed by atoms with Gasteiger partial charge in [-0.25, -0.2) is 14.9 Å². The predicted octanol–water partition coefficient (Wildman–Crippen LogP) is 4.30. The first-order valence-electron chi connectivity index (χ1n) is 10.5. The molecule has 5 rings (SSSR count). The van der Waals surface area contributed by atoms with Gasteiger partial charge in [0.2, 0.25) is 5.95 Å². The normalized spacial score (nSPS) is 13.6. The molecule has 0 radical (unpaired) electrons. The number of carbonyl (C=O) groups excluding carboxylic acids is 2. The number of benzene rings is 1. The summed E-state index contributed by atoms with van der Waals surface area (Å²) in [5.74, 6) is -0.783. The van der Waals surface area contributed by atoms with Crippen LogP contribution in [0.5, 0.6) is 0 Å². The number of hydrogen-bond donors (Lipinski definition) is 0. The molecule has 0 unspecified atom stereocenters. The van der Waals surface area contributed by atoms with Crippen molar-refractivity contribution in [2.75, 3.05) is 4.90 Å². The van der Waals surface area contributed by atoms with E-state index in [0.717, 1.165) is 16.3 Å². The van der Waals surface area contributed by atoms with Gasteiger partial charge in [0.15, 0.2) is 0 Å². The van der Waals surface area contributed by atoms with Crippen LogP contribution in [0, 0.1) is 0 Å². The molecule has 0 bridgehead atoms. The van der Waals surface area contributed by atoms with E-state index in [1.165, 1.54) is 0 Å². The van der Waals surface area contributed by atoms with E-state index in [4.69, 9.17) is 0 Å². The number of aryl methyl sites for hydroxylation is 2. The summed E-state index contributed by atoms with van der Waals surface area (Å²) in [7, 11) is 3.91. The molecule has 0 aliphatic carbocycles. The summed E-state index contributed by atoms with van der Waals surface area (Å²) in [6, 6.07) is 16.5. The third-order valence-corrected chi connectivity index (χ3v) is 5.57. The summed E-state index contributed by atoms with van der Waals surface area (Å²) >= 11 is 0. The molecule has 33 heavy (non-hydrogen) atoms. The highest BCUT2D eigenvalue weighted by Crippen LogP contribution is 2.27. The molecule has 3 aromatic heterocycles. The average molecular weight is 435 g/mol. The molecule has 0 spiro atoms. The molecular formula is C26H21N5O2. The maximum Gasteiger partial charge on any atom is 0.268 e. The third-order valence-electron chi connectivity index (χ3n) is 5.57. The van der Waals surface area contributed by atoms with E-state index in [1.807, 2.05) is 90.3 Å².